The maximum Gasteiger partial charge on any atom is 0.0965 e. The van der Waals surface area contributed by atoms with E-state index in [1.54, 1.807) is 0 Å². The SMILES string of the molecule is C1CN=C(NC2CCCOCC2)C1. The van der Waals surface area contributed by atoms with E-state index in [1.165, 1.54) is 25.1 Å². The number of nitrogens with zero attached hydrogens (tertiary/aromatic N) is 1. The zero-order chi connectivity index (χ0) is 8.93. The monoisotopic (exact) mass is 182 g/mol. The van der Waals surface area contributed by atoms with E-state index in [-0.39, 0.29) is 0 Å². The van der Waals surface area contributed by atoms with Crippen molar-refractivity contribution in [2.24, 2.45) is 4.99 Å². The third-order valence-electron chi connectivity index (χ3n) is 2.70. The summed E-state index contributed by atoms with van der Waals surface area (Å²) < 4.78 is 5.41. The second kappa shape index (κ2) is 4.61. The number of aliphatic imine (C=N–C) groups is 1. The van der Waals surface area contributed by atoms with Gasteiger partial charge in [-0.1, -0.05) is 0 Å². The first-order valence-corrected chi connectivity index (χ1v) is 5.33. The van der Waals surface area contributed by atoms with Crippen molar-refractivity contribution in [2.45, 2.75) is 38.1 Å². The molecule has 13 heavy (non-hydrogen) atoms. The fraction of sp³-hybridized carbons (Fsp3) is 0.900. The fourth-order valence-electron chi connectivity index (χ4n) is 1.94. The van der Waals surface area contributed by atoms with Crippen LogP contribution in [-0.2, 0) is 4.74 Å². The highest BCUT2D eigenvalue weighted by molar-refractivity contribution is 5.83. The van der Waals surface area contributed by atoms with Crippen LogP contribution in [0.25, 0.3) is 0 Å². The molecule has 2 aliphatic rings. The third-order valence-corrected chi connectivity index (χ3v) is 2.70. The summed E-state index contributed by atoms with van der Waals surface area (Å²) in [6, 6.07) is 0.611. The number of hydrogen-bond acceptors (Lipinski definition) is 3. The smallest absolute Gasteiger partial charge is 0.0965 e. The Balaban J connectivity index is 1.78. The largest absolute Gasteiger partial charge is 0.381 e. The van der Waals surface area contributed by atoms with Crippen molar-refractivity contribution in [3.05, 3.63) is 0 Å². The number of nitrogens with one attached hydrogen (secondary N) is 1. The summed E-state index contributed by atoms with van der Waals surface area (Å²) >= 11 is 0. The predicted octanol–water partition coefficient (Wildman–Crippen LogP) is 1.34. The quantitative estimate of drug-likeness (QED) is 0.664. The molecule has 0 bridgehead atoms. The van der Waals surface area contributed by atoms with Gasteiger partial charge in [-0.05, 0) is 25.7 Å². The topological polar surface area (TPSA) is 33.6 Å². The summed E-state index contributed by atoms with van der Waals surface area (Å²) in [7, 11) is 0. The van der Waals surface area contributed by atoms with Crippen molar-refractivity contribution in [2.75, 3.05) is 19.8 Å². The van der Waals surface area contributed by atoms with Crippen LogP contribution >= 0.6 is 0 Å². The van der Waals surface area contributed by atoms with Crippen LogP contribution in [0.1, 0.15) is 32.1 Å². The molecular weight excluding hydrogens is 164 g/mol. The van der Waals surface area contributed by atoms with Crippen molar-refractivity contribution in [3.8, 4) is 0 Å². The molecule has 1 N–H and O–H groups in total. The number of rotatable bonds is 1. The van der Waals surface area contributed by atoms with Crippen LogP contribution in [0.2, 0.25) is 0 Å². The van der Waals surface area contributed by atoms with Gasteiger partial charge in [0, 0.05) is 32.2 Å². The molecule has 3 nitrogen and oxygen atoms in total. The van der Waals surface area contributed by atoms with E-state index in [2.05, 4.69) is 10.3 Å². The first-order chi connectivity index (χ1) is 6.45. The van der Waals surface area contributed by atoms with Gasteiger partial charge in [0.05, 0.1) is 5.84 Å². The molecule has 3 heteroatoms. The molecule has 0 saturated carbocycles. The Bertz CT molecular complexity index is 183. The number of amidine groups is 1. The highest BCUT2D eigenvalue weighted by Gasteiger charge is 2.15. The van der Waals surface area contributed by atoms with E-state index in [1.807, 2.05) is 0 Å². The molecule has 0 aromatic rings. The van der Waals surface area contributed by atoms with Gasteiger partial charge in [0.25, 0.3) is 0 Å². The molecule has 0 aliphatic carbocycles. The molecule has 2 rings (SSSR count). The Morgan fingerprint density at radius 1 is 1.23 bits per heavy atom. The zero-order valence-corrected chi connectivity index (χ0v) is 8.09. The van der Waals surface area contributed by atoms with Gasteiger partial charge in [-0.15, -0.1) is 0 Å². The van der Waals surface area contributed by atoms with Crippen molar-refractivity contribution >= 4 is 5.84 Å². The molecule has 0 aromatic heterocycles. The van der Waals surface area contributed by atoms with Crippen molar-refractivity contribution in [1.82, 2.24) is 5.32 Å². The van der Waals surface area contributed by atoms with E-state index in [0.29, 0.717) is 6.04 Å². The Labute approximate surface area is 79.6 Å². The normalized spacial score (nSPS) is 29.5. The van der Waals surface area contributed by atoms with Crippen LogP contribution in [0.5, 0.6) is 0 Å². The van der Waals surface area contributed by atoms with Gasteiger partial charge >= 0.3 is 0 Å². The lowest BCUT2D eigenvalue weighted by atomic mass is 10.1. The van der Waals surface area contributed by atoms with Crippen LogP contribution < -0.4 is 5.32 Å². The van der Waals surface area contributed by atoms with Crippen LogP contribution in [0.3, 0.4) is 0 Å². The summed E-state index contributed by atoms with van der Waals surface area (Å²) in [5, 5.41) is 3.53. The molecule has 1 atom stereocenters. The Kier molecular flexibility index (Phi) is 3.19. The van der Waals surface area contributed by atoms with E-state index in [9.17, 15) is 0 Å². The predicted molar refractivity (Wildman–Crippen MR) is 53.1 cm³/mol. The molecule has 0 amide bonds. The van der Waals surface area contributed by atoms with E-state index >= 15 is 0 Å². The van der Waals surface area contributed by atoms with Crippen LogP contribution in [0.15, 0.2) is 4.99 Å². The lowest BCUT2D eigenvalue weighted by Crippen LogP contribution is -2.33. The van der Waals surface area contributed by atoms with E-state index < -0.39 is 0 Å². The first kappa shape index (κ1) is 9.00. The molecule has 2 aliphatic heterocycles. The number of hydrogen-bond donors (Lipinski definition) is 1. The summed E-state index contributed by atoms with van der Waals surface area (Å²) in [4.78, 5) is 4.43. The van der Waals surface area contributed by atoms with Gasteiger partial charge in [-0.2, -0.15) is 0 Å². The summed E-state index contributed by atoms with van der Waals surface area (Å²) in [6.07, 6.45) is 5.94. The molecule has 2 heterocycles. The summed E-state index contributed by atoms with van der Waals surface area (Å²) in [6.45, 7) is 2.86. The van der Waals surface area contributed by atoms with Crippen LogP contribution in [0.4, 0.5) is 0 Å². The molecule has 0 radical (unpaired) electrons. The number of ether oxygens (including phenoxy) is 1. The molecular formula is C10H18N2O. The second-order valence-electron chi connectivity index (χ2n) is 3.82. The second-order valence-corrected chi connectivity index (χ2v) is 3.82. The van der Waals surface area contributed by atoms with Crippen molar-refractivity contribution in [3.63, 3.8) is 0 Å². The molecule has 0 aromatic carbocycles. The first-order valence-electron chi connectivity index (χ1n) is 5.33. The third kappa shape index (κ3) is 2.69. The van der Waals surface area contributed by atoms with Gasteiger partial charge in [-0.3, -0.25) is 4.99 Å². The molecule has 0 spiro atoms. The summed E-state index contributed by atoms with van der Waals surface area (Å²) in [5.41, 5.74) is 0. The minimum absolute atomic E-state index is 0.611. The van der Waals surface area contributed by atoms with Gasteiger partial charge in [0.2, 0.25) is 0 Å². The van der Waals surface area contributed by atoms with E-state index in [4.69, 9.17) is 4.74 Å². The lowest BCUT2D eigenvalue weighted by molar-refractivity contribution is 0.143. The Morgan fingerprint density at radius 2 is 2.23 bits per heavy atom. The maximum atomic E-state index is 5.41. The average Bonchev–Trinajstić information content (AvgIpc) is 2.49. The Morgan fingerprint density at radius 3 is 3.08 bits per heavy atom. The molecule has 74 valence electrons. The fourth-order valence-corrected chi connectivity index (χ4v) is 1.94. The molecule has 1 saturated heterocycles. The standard InChI is InChI=1S/C10H18N2O/c1-4-10(11-6-1)12-9-3-2-7-13-8-5-9/h9H,1-8H2,(H,11,12). The molecule has 1 fully saturated rings. The zero-order valence-electron chi connectivity index (χ0n) is 8.09. The maximum absolute atomic E-state index is 5.41. The molecule has 1 unspecified atom stereocenters. The average molecular weight is 182 g/mol. The minimum Gasteiger partial charge on any atom is -0.381 e. The van der Waals surface area contributed by atoms with Gasteiger partial charge in [0.15, 0.2) is 0 Å². The van der Waals surface area contributed by atoms with Gasteiger partial charge in [-0.25, -0.2) is 0 Å². The summed E-state index contributed by atoms with van der Waals surface area (Å²) in [5.74, 6) is 1.23. The van der Waals surface area contributed by atoms with Crippen molar-refractivity contribution in [1.29, 1.82) is 0 Å². The van der Waals surface area contributed by atoms with E-state index in [0.717, 1.165) is 32.6 Å². The van der Waals surface area contributed by atoms with Gasteiger partial charge < -0.3 is 10.1 Å². The highest BCUT2D eigenvalue weighted by atomic mass is 16.5. The van der Waals surface area contributed by atoms with Crippen LogP contribution in [0, 0.1) is 0 Å². The Hall–Kier alpha value is -0.570. The highest BCUT2D eigenvalue weighted by Crippen LogP contribution is 2.10. The lowest BCUT2D eigenvalue weighted by Gasteiger charge is -2.16. The van der Waals surface area contributed by atoms with Crippen molar-refractivity contribution < 1.29 is 4.74 Å². The van der Waals surface area contributed by atoms with Gasteiger partial charge in [0.1, 0.15) is 0 Å². The van der Waals surface area contributed by atoms with Crippen LogP contribution in [-0.4, -0.2) is 31.6 Å². The minimum atomic E-state index is 0.611.